The lowest BCUT2D eigenvalue weighted by Crippen LogP contribution is -2.14. The quantitative estimate of drug-likeness (QED) is 0.648. The first-order valence-corrected chi connectivity index (χ1v) is 4.45. The Morgan fingerprint density at radius 1 is 1.31 bits per heavy atom. The molecule has 0 aliphatic carbocycles. The summed E-state index contributed by atoms with van der Waals surface area (Å²) >= 11 is 0. The molecule has 3 N–H and O–H groups in total. The van der Waals surface area contributed by atoms with Crippen molar-refractivity contribution in [3.05, 3.63) is 29.3 Å². The summed E-state index contributed by atoms with van der Waals surface area (Å²) in [5.74, 6) is 0. The van der Waals surface area contributed by atoms with Crippen molar-refractivity contribution in [1.82, 2.24) is 0 Å². The lowest BCUT2D eigenvalue weighted by Gasteiger charge is -2.21. The van der Waals surface area contributed by atoms with Gasteiger partial charge in [0.1, 0.15) is 0 Å². The summed E-state index contributed by atoms with van der Waals surface area (Å²) in [7, 11) is 0. The topological polar surface area (TPSA) is 46.2 Å². The smallest absolute Gasteiger partial charge is 0.0681 e. The van der Waals surface area contributed by atoms with E-state index in [2.05, 4.69) is 20.8 Å². The molecule has 0 bridgehead atoms. The van der Waals surface area contributed by atoms with Gasteiger partial charge in [-0.25, -0.2) is 0 Å². The van der Waals surface area contributed by atoms with Crippen LogP contribution in [0.1, 0.15) is 31.9 Å². The number of hydrogen-bond acceptors (Lipinski definition) is 2. The predicted octanol–water partition coefficient (Wildman–Crippen LogP) is 2.06. The Morgan fingerprint density at radius 2 is 1.92 bits per heavy atom. The molecule has 0 unspecified atom stereocenters. The van der Waals surface area contributed by atoms with Crippen molar-refractivity contribution in [3.8, 4) is 0 Å². The summed E-state index contributed by atoms with van der Waals surface area (Å²) in [4.78, 5) is 0. The molecule has 1 rings (SSSR count). The first kappa shape index (κ1) is 10.1. The summed E-state index contributed by atoms with van der Waals surface area (Å²) in [5.41, 5.74) is 8.69. The van der Waals surface area contributed by atoms with Gasteiger partial charge >= 0.3 is 0 Å². The fourth-order valence-electron chi connectivity index (χ4n) is 1.35. The average molecular weight is 179 g/mol. The average Bonchev–Trinajstić information content (AvgIpc) is 2.03. The van der Waals surface area contributed by atoms with E-state index in [4.69, 9.17) is 10.8 Å². The first-order valence-electron chi connectivity index (χ1n) is 4.45. The molecule has 0 saturated heterocycles. The molecule has 0 saturated carbocycles. The van der Waals surface area contributed by atoms with Gasteiger partial charge in [-0.2, -0.15) is 0 Å². The van der Waals surface area contributed by atoms with Crippen molar-refractivity contribution in [3.63, 3.8) is 0 Å². The summed E-state index contributed by atoms with van der Waals surface area (Å²) in [6.45, 7) is 6.41. The van der Waals surface area contributed by atoms with Crippen LogP contribution in [0.4, 0.5) is 5.69 Å². The molecule has 0 spiro atoms. The Balaban J connectivity index is 3.19. The van der Waals surface area contributed by atoms with Crippen LogP contribution < -0.4 is 5.73 Å². The van der Waals surface area contributed by atoms with Gasteiger partial charge in [0, 0.05) is 5.69 Å². The van der Waals surface area contributed by atoms with Crippen molar-refractivity contribution in [2.24, 2.45) is 0 Å². The van der Waals surface area contributed by atoms with E-state index in [0.29, 0.717) is 0 Å². The van der Waals surface area contributed by atoms with Crippen molar-refractivity contribution >= 4 is 5.69 Å². The van der Waals surface area contributed by atoms with Crippen molar-refractivity contribution in [2.75, 3.05) is 5.73 Å². The monoisotopic (exact) mass is 179 g/mol. The second-order valence-electron chi connectivity index (χ2n) is 4.33. The number of rotatable bonds is 1. The van der Waals surface area contributed by atoms with Crippen molar-refractivity contribution in [1.29, 1.82) is 0 Å². The maximum absolute atomic E-state index is 8.98. The highest BCUT2D eigenvalue weighted by atomic mass is 16.3. The minimum Gasteiger partial charge on any atom is -0.398 e. The van der Waals surface area contributed by atoms with E-state index in [1.807, 2.05) is 18.2 Å². The van der Waals surface area contributed by atoms with E-state index in [1.165, 1.54) is 0 Å². The number of hydrogen-bond donors (Lipinski definition) is 2. The molecule has 0 amide bonds. The maximum Gasteiger partial charge on any atom is 0.0681 e. The Labute approximate surface area is 79.4 Å². The fraction of sp³-hybridized carbons (Fsp3) is 0.455. The minimum absolute atomic E-state index is 0.0370. The second-order valence-corrected chi connectivity index (χ2v) is 4.33. The van der Waals surface area contributed by atoms with Gasteiger partial charge in [-0.3, -0.25) is 0 Å². The number of benzene rings is 1. The van der Waals surface area contributed by atoms with E-state index in [9.17, 15) is 0 Å². The molecule has 1 aromatic carbocycles. The SMILES string of the molecule is CC(C)(C)c1cc(CO)ccc1N. The van der Waals surface area contributed by atoms with E-state index in [-0.39, 0.29) is 12.0 Å². The van der Waals surface area contributed by atoms with E-state index < -0.39 is 0 Å². The van der Waals surface area contributed by atoms with Gasteiger partial charge in [0.15, 0.2) is 0 Å². The number of aliphatic hydroxyl groups is 1. The fourth-order valence-corrected chi connectivity index (χ4v) is 1.35. The van der Waals surface area contributed by atoms with Crippen molar-refractivity contribution < 1.29 is 5.11 Å². The lowest BCUT2D eigenvalue weighted by molar-refractivity contribution is 0.281. The zero-order valence-corrected chi connectivity index (χ0v) is 8.46. The Morgan fingerprint density at radius 3 is 2.38 bits per heavy atom. The molecule has 2 nitrogen and oxygen atoms in total. The van der Waals surface area contributed by atoms with Crippen LogP contribution in [-0.2, 0) is 12.0 Å². The number of nitrogen functional groups attached to an aromatic ring is 1. The molecular weight excluding hydrogens is 162 g/mol. The zero-order valence-electron chi connectivity index (χ0n) is 8.46. The largest absolute Gasteiger partial charge is 0.398 e. The normalized spacial score (nSPS) is 11.7. The molecule has 0 aliphatic heterocycles. The number of nitrogens with two attached hydrogens (primary N) is 1. The van der Waals surface area contributed by atoms with Crippen LogP contribution >= 0.6 is 0 Å². The predicted molar refractivity (Wildman–Crippen MR) is 55.5 cm³/mol. The first-order chi connectivity index (χ1) is 5.95. The van der Waals surface area contributed by atoms with E-state index >= 15 is 0 Å². The van der Waals surface area contributed by atoms with Crippen LogP contribution in [0, 0.1) is 0 Å². The Hall–Kier alpha value is -1.02. The summed E-state index contributed by atoms with van der Waals surface area (Å²) in [6.07, 6.45) is 0. The Bertz CT molecular complexity index is 299. The molecule has 2 heteroatoms. The third-order valence-corrected chi connectivity index (χ3v) is 2.11. The van der Waals surface area contributed by atoms with Gasteiger partial charge in [0.05, 0.1) is 6.61 Å². The standard InChI is InChI=1S/C11H17NO/c1-11(2,3)9-6-8(7-13)4-5-10(9)12/h4-6,13H,7,12H2,1-3H3. The van der Waals surface area contributed by atoms with Crippen LogP contribution in [0.3, 0.4) is 0 Å². The van der Waals surface area contributed by atoms with Crippen LogP contribution in [0.15, 0.2) is 18.2 Å². The van der Waals surface area contributed by atoms with Gasteiger partial charge < -0.3 is 10.8 Å². The third kappa shape index (κ3) is 2.22. The highest BCUT2D eigenvalue weighted by Crippen LogP contribution is 2.28. The number of aliphatic hydroxyl groups excluding tert-OH is 1. The van der Waals surface area contributed by atoms with Crippen LogP contribution in [0.2, 0.25) is 0 Å². The third-order valence-electron chi connectivity index (χ3n) is 2.11. The minimum atomic E-state index is 0.0370. The lowest BCUT2D eigenvalue weighted by atomic mass is 9.85. The van der Waals surface area contributed by atoms with Gasteiger partial charge in [0.25, 0.3) is 0 Å². The highest BCUT2D eigenvalue weighted by Gasteiger charge is 2.16. The van der Waals surface area contributed by atoms with E-state index in [1.54, 1.807) is 0 Å². The zero-order chi connectivity index (χ0) is 10.1. The Kier molecular flexibility index (Phi) is 2.62. The van der Waals surface area contributed by atoms with Gasteiger partial charge in [0.2, 0.25) is 0 Å². The van der Waals surface area contributed by atoms with Gasteiger partial charge in [-0.15, -0.1) is 0 Å². The molecule has 0 radical (unpaired) electrons. The maximum atomic E-state index is 8.98. The molecule has 0 heterocycles. The molecule has 0 atom stereocenters. The summed E-state index contributed by atoms with van der Waals surface area (Å²) in [5, 5.41) is 8.98. The molecule has 0 aliphatic rings. The molecule has 13 heavy (non-hydrogen) atoms. The molecular formula is C11H17NO. The second kappa shape index (κ2) is 3.38. The molecule has 72 valence electrons. The molecule has 1 aromatic rings. The highest BCUT2D eigenvalue weighted by molar-refractivity contribution is 5.51. The summed E-state index contributed by atoms with van der Waals surface area (Å²) in [6, 6.07) is 5.67. The summed E-state index contributed by atoms with van der Waals surface area (Å²) < 4.78 is 0. The van der Waals surface area contributed by atoms with E-state index in [0.717, 1.165) is 16.8 Å². The van der Waals surface area contributed by atoms with Crippen molar-refractivity contribution in [2.45, 2.75) is 32.8 Å². The number of anilines is 1. The van der Waals surface area contributed by atoms with Gasteiger partial charge in [-0.05, 0) is 22.6 Å². The van der Waals surface area contributed by atoms with Crippen LogP contribution in [0.5, 0.6) is 0 Å². The van der Waals surface area contributed by atoms with Gasteiger partial charge in [-0.1, -0.05) is 32.9 Å². The van der Waals surface area contributed by atoms with Crippen LogP contribution in [-0.4, -0.2) is 5.11 Å². The molecule has 0 fully saturated rings. The van der Waals surface area contributed by atoms with Crippen LogP contribution in [0.25, 0.3) is 0 Å². The molecule has 0 aromatic heterocycles.